The topological polar surface area (TPSA) is 84.2 Å². The van der Waals surface area contributed by atoms with Crippen molar-refractivity contribution in [2.24, 2.45) is 5.73 Å². The Morgan fingerprint density at radius 3 is 2.43 bits per heavy atom. The van der Waals surface area contributed by atoms with E-state index in [4.69, 9.17) is 5.73 Å². The Morgan fingerprint density at radius 2 is 1.86 bits per heavy atom. The van der Waals surface area contributed by atoms with Gasteiger partial charge in [0.25, 0.3) is 0 Å². The minimum Gasteiger partial charge on any atom is -0.351 e. The maximum atomic E-state index is 11.8. The van der Waals surface area contributed by atoms with Crippen LogP contribution in [0.15, 0.2) is 47.8 Å². The zero-order chi connectivity index (χ0) is 15.2. The van der Waals surface area contributed by atoms with Crippen molar-refractivity contribution in [2.75, 3.05) is 0 Å². The summed E-state index contributed by atoms with van der Waals surface area (Å²) in [6.45, 7) is 1.70. The fraction of sp³-hybridized carbons (Fsp3) is 0.200. The molecule has 0 radical (unpaired) electrons. The van der Waals surface area contributed by atoms with E-state index in [1.807, 2.05) is 47.8 Å². The highest BCUT2D eigenvalue weighted by atomic mass is 32.1. The molecule has 0 saturated heterocycles. The summed E-state index contributed by atoms with van der Waals surface area (Å²) in [5.74, 6) is -0.444. The van der Waals surface area contributed by atoms with Gasteiger partial charge in [-0.2, -0.15) is 0 Å². The van der Waals surface area contributed by atoms with Gasteiger partial charge in [-0.1, -0.05) is 36.4 Å². The fourth-order valence-corrected chi connectivity index (χ4v) is 2.81. The molecule has 2 aromatic rings. The lowest BCUT2D eigenvalue weighted by molar-refractivity contribution is -0.121. The van der Waals surface area contributed by atoms with Crippen LogP contribution in [-0.2, 0) is 4.79 Å². The predicted molar refractivity (Wildman–Crippen MR) is 82.9 cm³/mol. The van der Waals surface area contributed by atoms with Crippen molar-refractivity contribution in [3.8, 4) is 0 Å². The van der Waals surface area contributed by atoms with Gasteiger partial charge >= 0.3 is 6.03 Å². The molecule has 4 N–H and O–H groups in total. The minimum absolute atomic E-state index is 0.111. The Bertz CT molecular complexity index is 599. The maximum Gasteiger partial charge on any atom is 0.318 e. The molecule has 0 unspecified atom stereocenters. The Balaban J connectivity index is 2.18. The molecule has 0 saturated carbocycles. The summed E-state index contributed by atoms with van der Waals surface area (Å²) < 4.78 is 0. The van der Waals surface area contributed by atoms with Crippen LogP contribution in [0.25, 0.3) is 0 Å². The van der Waals surface area contributed by atoms with E-state index >= 15 is 0 Å². The highest BCUT2D eigenvalue weighted by Gasteiger charge is 2.21. The van der Waals surface area contributed by atoms with Gasteiger partial charge in [0.05, 0.1) is 12.1 Å². The predicted octanol–water partition coefficient (Wildman–Crippen LogP) is 2.01. The number of benzene rings is 1. The van der Waals surface area contributed by atoms with E-state index < -0.39 is 18.0 Å². The summed E-state index contributed by atoms with van der Waals surface area (Å²) in [4.78, 5) is 23.7. The Hall–Kier alpha value is -2.18. The van der Waals surface area contributed by atoms with E-state index in [2.05, 4.69) is 10.6 Å². The van der Waals surface area contributed by atoms with Gasteiger partial charge in [0.15, 0.2) is 0 Å². The minimum atomic E-state index is -0.846. The Morgan fingerprint density at radius 1 is 1.14 bits per heavy atom. The molecule has 2 rings (SSSR count). The number of amides is 3. The molecule has 110 valence electrons. The van der Waals surface area contributed by atoms with Gasteiger partial charge in [0, 0.05) is 4.88 Å². The van der Waals surface area contributed by atoms with Crippen molar-refractivity contribution >= 4 is 23.3 Å². The molecule has 1 heterocycles. The van der Waals surface area contributed by atoms with Gasteiger partial charge in [-0.05, 0) is 23.9 Å². The lowest BCUT2D eigenvalue weighted by atomic mass is 10.0. The number of thiophene rings is 1. The monoisotopic (exact) mass is 303 g/mol. The number of hydrogen-bond donors (Lipinski definition) is 3. The first-order valence-electron chi connectivity index (χ1n) is 6.52. The average Bonchev–Trinajstić information content (AvgIpc) is 2.98. The summed E-state index contributed by atoms with van der Waals surface area (Å²) in [7, 11) is 0. The second-order valence-electron chi connectivity index (χ2n) is 4.60. The summed E-state index contributed by atoms with van der Waals surface area (Å²) in [5, 5.41) is 7.30. The molecule has 3 amide bonds. The number of primary amides is 1. The van der Waals surface area contributed by atoms with Crippen molar-refractivity contribution in [3.63, 3.8) is 0 Å². The summed E-state index contributed by atoms with van der Waals surface area (Å²) in [6, 6.07) is 12.3. The molecule has 2 atom stereocenters. The number of hydrogen-bond acceptors (Lipinski definition) is 4. The smallest absolute Gasteiger partial charge is 0.318 e. The van der Waals surface area contributed by atoms with Crippen LogP contribution in [0.3, 0.4) is 0 Å². The van der Waals surface area contributed by atoms with Crippen molar-refractivity contribution in [2.45, 2.75) is 19.0 Å². The van der Waals surface area contributed by atoms with E-state index in [-0.39, 0.29) is 6.04 Å². The first-order valence-corrected chi connectivity index (χ1v) is 7.40. The number of rotatable bonds is 5. The third-order valence-electron chi connectivity index (χ3n) is 3.02. The number of imide groups is 1. The second-order valence-corrected chi connectivity index (χ2v) is 5.58. The van der Waals surface area contributed by atoms with Crippen LogP contribution in [0, 0.1) is 0 Å². The maximum absolute atomic E-state index is 11.8. The van der Waals surface area contributed by atoms with Crippen LogP contribution in [-0.4, -0.2) is 18.0 Å². The Labute approximate surface area is 127 Å². The zero-order valence-electron chi connectivity index (χ0n) is 11.6. The first-order chi connectivity index (χ1) is 10.1. The van der Waals surface area contributed by atoms with Crippen LogP contribution in [0.5, 0.6) is 0 Å². The largest absolute Gasteiger partial charge is 0.351 e. The SMILES string of the molecule is C[C@H](N[C@H](c1ccccc1)c1cccs1)C(=O)NC(N)=O. The van der Waals surface area contributed by atoms with Crippen LogP contribution >= 0.6 is 11.3 Å². The Kier molecular flexibility index (Phi) is 5.08. The van der Waals surface area contributed by atoms with Crippen LogP contribution in [0.1, 0.15) is 23.4 Å². The van der Waals surface area contributed by atoms with E-state index in [0.29, 0.717) is 0 Å². The van der Waals surface area contributed by atoms with Gasteiger partial charge in [0.1, 0.15) is 0 Å². The highest BCUT2D eigenvalue weighted by molar-refractivity contribution is 7.10. The molecule has 1 aromatic carbocycles. The van der Waals surface area contributed by atoms with Crippen LogP contribution in [0.4, 0.5) is 4.79 Å². The molecule has 0 aliphatic rings. The molecule has 0 spiro atoms. The van der Waals surface area contributed by atoms with Crippen molar-refractivity contribution < 1.29 is 9.59 Å². The van der Waals surface area contributed by atoms with E-state index in [1.54, 1.807) is 18.3 Å². The van der Waals surface area contributed by atoms with E-state index in [0.717, 1.165) is 10.4 Å². The van der Waals surface area contributed by atoms with E-state index in [1.165, 1.54) is 0 Å². The van der Waals surface area contributed by atoms with Gasteiger partial charge in [-0.25, -0.2) is 4.79 Å². The molecular weight excluding hydrogens is 286 g/mol. The summed E-state index contributed by atoms with van der Waals surface area (Å²) in [5.41, 5.74) is 6.03. The summed E-state index contributed by atoms with van der Waals surface area (Å²) in [6.07, 6.45) is 0. The molecule has 0 aliphatic heterocycles. The average molecular weight is 303 g/mol. The lowest BCUT2D eigenvalue weighted by Gasteiger charge is -2.22. The number of carbonyl (C=O) groups is 2. The fourth-order valence-electron chi connectivity index (χ4n) is 2.00. The molecule has 6 heteroatoms. The van der Waals surface area contributed by atoms with Crippen LogP contribution in [0.2, 0.25) is 0 Å². The molecule has 1 aromatic heterocycles. The molecular formula is C15H17N3O2S. The third-order valence-corrected chi connectivity index (χ3v) is 3.95. The van der Waals surface area contributed by atoms with Gasteiger partial charge in [-0.3, -0.25) is 15.4 Å². The highest BCUT2D eigenvalue weighted by Crippen LogP contribution is 2.26. The molecule has 0 fully saturated rings. The lowest BCUT2D eigenvalue weighted by Crippen LogP contribution is -2.47. The summed E-state index contributed by atoms with van der Waals surface area (Å²) >= 11 is 1.61. The third kappa shape index (κ3) is 4.14. The van der Waals surface area contributed by atoms with E-state index in [9.17, 15) is 9.59 Å². The standard InChI is InChI=1S/C15H17N3O2S/c1-10(14(19)18-15(16)20)17-13(12-8-5-9-21-12)11-6-3-2-4-7-11/h2-10,13,17H,1H3,(H3,16,18,19,20)/t10-,13+/m0/s1. The number of carbonyl (C=O) groups excluding carboxylic acids is 2. The van der Waals surface area contributed by atoms with Crippen molar-refractivity contribution in [1.82, 2.24) is 10.6 Å². The number of urea groups is 1. The molecule has 21 heavy (non-hydrogen) atoms. The van der Waals surface area contributed by atoms with Gasteiger partial charge < -0.3 is 5.73 Å². The van der Waals surface area contributed by atoms with Crippen LogP contribution < -0.4 is 16.4 Å². The number of nitrogens with two attached hydrogens (primary N) is 1. The van der Waals surface area contributed by atoms with Crippen molar-refractivity contribution in [3.05, 3.63) is 58.3 Å². The molecule has 0 bridgehead atoms. The number of nitrogens with one attached hydrogen (secondary N) is 2. The van der Waals surface area contributed by atoms with Crippen molar-refractivity contribution in [1.29, 1.82) is 0 Å². The molecule has 5 nitrogen and oxygen atoms in total. The zero-order valence-corrected chi connectivity index (χ0v) is 12.4. The van der Waals surface area contributed by atoms with Gasteiger partial charge in [-0.15, -0.1) is 11.3 Å². The van der Waals surface area contributed by atoms with Gasteiger partial charge in [0.2, 0.25) is 5.91 Å². The second kappa shape index (κ2) is 7.01. The first kappa shape index (κ1) is 15.2. The molecule has 0 aliphatic carbocycles. The quantitative estimate of drug-likeness (QED) is 0.790. The normalized spacial score (nSPS) is 13.4.